The molecule has 1 heterocycles. The summed E-state index contributed by atoms with van der Waals surface area (Å²) in [5.41, 5.74) is 4.87. The molecule has 30 heavy (non-hydrogen) atoms. The number of anilines is 2. The van der Waals surface area contributed by atoms with Crippen LogP contribution < -0.4 is 27.2 Å². The van der Waals surface area contributed by atoms with E-state index in [0.29, 0.717) is 6.54 Å². The van der Waals surface area contributed by atoms with E-state index in [-0.39, 0.29) is 60.6 Å². The minimum atomic E-state index is -0.693. The lowest BCUT2D eigenvalue weighted by Crippen LogP contribution is -2.43. The summed E-state index contributed by atoms with van der Waals surface area (Å²) in [5, 5.41) is 2.97. The molecule has 9 nitrogen and oxygen atoms in total. The van der Waals surface area contributed by atoms with Crippen LogP contribution in [0.25, 0.3) is 0 Å². The Morgan fingerprint density at radius 2 is 1.77 bits per heavy atom. The highest BCUT2D eigenvalue weighted by atomic mass is 16.2. The zero-order valence-corrected chi connectivity index (χ0v) is 18.5. The van der Waals surface area contributed by atoms with Crippen molar-refractivity contribution >= 4 is 23.3 Å². The van der Waals surface area contributed by atoms with Crippen LogP contribution in [-0.4, -0.2) is 34.0 Å². The van der Waals surface area contributed by atoms with Crippen LogP contribution in [0.4, 0.5) is 11.5 Å². The molecule has 1 saturated carbocycles. The smallest absolute Gasteiger partial charge is 0.330 e. The molecule has 1 fully saturated rings. The number of rotatable bonds is 9. The fraction of sp³-hybridized carbons (Fsp3) is 0.714. The van der Waals surface area contributed by atoms with Crippen molar-refractivity contribution in [2.45, 2.75) is 78.8 Å². The lowest BCUT2D eigenvalue weighted by atomic mass is 10.1. The summed E-state index contributed by atoms with van der Waals surface area (Å²) in [7, 11) is 0. The molecule has 0 atom stereocenters. The number of hydrogen-bond donors (Lipinski definition) is 3. The number of amides is 2. The Morgan fingerprint density at radius 3 is 2.33 bits per heavy atom. The SMILES string of the molecule is CC(C)CN(C(=O)CCC(=O)NC1CCCC1)c1c(N)n(CC(C)C)c(=O)[nH]c1=O. The molecule has 2 amide bonds. The van der Waals surface area contributed by atoms with Crippen molar-refractivity contribution in [3.8, 4) is 0 Å². The van der Waals surface area contributed by atoms with Crippen LogP contribution in [0.15, 0.2) is 9.59 Å². The van der Waals surface area contributed by atoms with Crippen molar-refractivity contribution in [2.24, 2.45) is 11.8 Å². The van der Waals surface area contributed by atoms with E-state index in [2.05, 4.69) is 10.3 Å². The van der Waals surface area contributed by atoms with Gasteiger partial charge in [0, 0.05) is 32.0 Å². The molecule has 0 saturated heterocycles. The second-order valence-electron chi connectivity index (χ2n) is 8.94. The molecule has 168 valence electrons. The topological polar surface area (TPSA) is 130 Å². The van der Waals surface area contributed by atoms with E-state index in [1.807, 2.05) is 27.7 Å². The maximum Gasteiger partial charge on any atom is 0.330 e. The molecule has 0 bridgehead atoms. The Bertz CT molecular complexity index is 865. The number of nitrogens with one attached hydrogen (secondary N) is 2. The molecule has 9 heteroatoms. The van der Waals surface area contributed by atoms with Crippen LogP contribution in [0.5, 0.6) is 0 Å². The lowest BCUT2D eigenvalue weighted by molar-refractivity contribution is -0.125. The van der Waals surface area contributed by atoms with Gasteiger partial charge in [0.25, 0.3) is 5.56 Å². The number of carbonyl (C=O) groups is 2. The number of nitrogen functional groups attached to an aromatic ring is 1. The maximum absolute atomic E-state index is 13.0. The highest BCUT2D eigenvalue weighted by Gasteiger charge is 2.26. The Labute approximate surface area is 177 Å². The summed E-state index contributed by atoms with van der Waals surface area (Å²) in [6.07, 6.45) is 4.19. The van der Waals surface area contributed by atoms with E-state index < -0.39 is 11.2 Å². The van der Waals surface area contributed by atoms with Crippen molar-refractivity contribution in [1.29, 1.82) is 0 Å². The van der Waals surface area contributed by atoms with Crippen molar-refractivity contribution in [3.63, 3.8) is 0 Å². The monoisotopic (exact) mass is 421 g/mol. The van der Waals surface area contributed by atoms with Crippen molar-refractivity contribution in [1.82, 2.24) is 14.9 Å². The summed E-state index contributed by atoms with van der Waals surface area (Å²) in [6.45, 7) is 8.27. The van der Waals surface area contributed by atoms with Gasteiger partial charge in [0.2, 0.25) is 11.8 Å². The number of nitrogens with zero attached hydrogens (tertiary/aromatic N) is 2. The third-order valence-corrected chi connectivity index (χ3v) is 5.17. The van der Waals surface area contributed by atoms with Gasteiger partial charge in [-0.05, 0) is 24.7 Å². The fourth-order valence-electron chi connectivity index (χ4n) is 3.79. The van der Waals surface area contributed by atoms with Crippen LogP contribution in [-0.2, 0) is 16.1 Å². The van der Waals surface area contributed by atoms with Gasteiger partial charge in [-0.3, -0.25) is 23.9 Å². The minimum Gasteiger partial charge on any atom is -0.383 e. The highest BCUT2D eigenvalue weighted by Crippen LogP contribution is 2.21. The highest BCUT2D eigenvalue weighted by molar-refractivity contribution is 5.97. The predicted molar refractivity (Wildman–Crippen MR) is 117 cm³/mol. The molecule has 1 aromatic rings. The Balaban J connectivity index is 2.24. The Hall–Kier alpha value is -2.58. The van der Waals surface area contributed by atoms with Gasteiger partial charge < -0.3 is 16.0 Å². The second-order valence-corrected chi connectivity index (χ2v) is 8.94. The Kier molecular flexibility index (Phi) is 8.25. The molecule has 0 radical (unpaired) electrons. The third-order valence-electron chi connectivity index (χ3n) is 5.17. The number of carbonyl (C=O) groups excluding carboxylic acids is 2. The second kappa shape index (κ2) is 10.4. The first-order valence-corrected chi connectivity index (χ1v) is 10.8. The summed E-state index contributed by atoms with van der Waals surface area (Å²) < 4.78 is 1.29. The van der Waals surface area contributed by atoms with Gasteiger partial charge in [-0.25, -0.2) is 4.79 Å². The molecule has 4 N–H and O–H groups in total. The van der Waals surface area contributed by atoms with E-state index in [1.54, 1.807) is 0 Å². The van der Waals surface area contributed by atoms with Crippen molar-refractivity contribution in [3.05, 3.63) is 20.8 Å². The van der Waals surface area contributed by atoms with Crippen LogP contribution in [0.3, 0.4) is 0 Å². The molecule has 0 spiro atoms. The summed E-state index contributed by atoms with van der Waals surface area (Å²) >= 11 is 0. The van der Waals surface area contributed by atoms with Crippen molar-refractivity contribution in [2.75, 3.05) is 17.2 Å². The minimum absolute atomic E-state index is 0.0230. The van der Waals surface area contributed by atoms with Gasteiger partial charge in [0.05, 0.1) is 0 Å². The largest absolute Gasteiger partial charge is 0.383 e. The van der Waals surface area contributed by atoms with E-state index >= 15 is 0 Å². The fourth-order valence-corrected chi connectivity index (χ4v) is 3.79. The molecule has 2 rings (SSSR count). The van der Waals surface area contributed by atoms with Crippen LogP contribution in [0.2, 0.25) is 0 Å². The summed E-state index contributed by atoms with van der Waals surface area (Å²) in [5.74, 6) is -0.367. The van der Waals surface area contributed by atoms with Gasteiger partial charge in [-0.1, -0.05) is 40.5 Å². The van der Waals surface area contributed by atoms with Crippen molar-refractivity contribution < 1.29 is 9.59 Å². The number of H-pyrrole nitrogens is 1. The van der Waals surface area contributed by atoms with Gasteiger partial charge in [0.1, 0.15) is 5.82 Å². The third kappa shape index (κ3) is 6.21. The Morgan fingerprint density at radius 1 is 1.13 bits per heavy atom. The molecule has 1 aromatic heterocycles. The average Bonchev–Trinajstić information content (AvgIpc) is 3.14. The van der Waals surface area contributed by atoms with Crippen LogP contribution in [0, 0.1) is 11.8 Å². The molecular formula is C21H35N5O4. The van der Waals surface area contributed by atoms with Crippen LogP contribution >= 0.6 is 0 Å². The number of aromatic nitrogens is 2. The quantitative estimate of drug-likeness (QED) is 0.557. The number of hydrogen-bond acceptors (Lipinski definition) is 5. The maximum atomic E-state index is 13.0. The van der Waals surface area contributed by atoms with Gasteiger partial charge in [-0.15, -0.1) is 0 Å². The van der Waals surface area contributed by atoms with E-state index in [1.165, 1.54) is 9.47 Å². The first-order valence-electron chi connectivity index (χ1n) is 10.8. The van der Waals surface area contributed by atoms with Crippen LogP contribution in [0.1, 0.15) is 66.2 Å². The summed E-state index contributed by atoms with van der Waals surface area (Å²) in [6, 6.07) is 0.192. The molecule has 0 aliphatic heterocycles. The first kappa shape index (κ1) is 23.7. The number of nitrogens with two attached hydrogens (primary N) is 1. The molecule has 0 aromatic carbocycles. The van der Waals surface area contributed by atoms with Gasteiger partial charge in [0.15, 0.2) is 5.69 Å². The normalized spacial score (nSPS) is 14.5. The van der Waals surface area contributed by atoms with Gasteiger partial charge in [-0.2, -0.15) is 0 Å². The van der Waals surface area contributed by atoms with E-state index in [9.17, 15) is 19.2 Å². The molecule has 1 aliphatic carbocycles. The molecular weight excluding hydrogens is 386 g/mol. The standard InChI is InChI=1S/C21H35N5O4/c1-13(2)11-25(17(28)10-9-16(27)23-15-7-5-6-8-15)18-19(22)26(12-14(3)4)21(30)24-20(18)29/h13-15H,5-12,22H2,1-4H3,(H,23,27)(H,24,29,30). The predicted octanol–water partition coefficient (Wildman–Crippen LogP) is 1.60. The average molecular weight is 422 g/mol. The zero-order valence-electron chi connectivity index (χ0n) is 18.5. The van der Waals surface area contributed by atoms with Gasteiger partial charge >= 0.3 is 5.69 Å². The zero-order chi connectivity index (χ0) is 22.4. The van der Waals surface area contributed by atoms with E-state index in [0.717, 1.165) is 25.7 Å². The molecule has 0 unspecified atom stereocenters. The van der Waals surface area contributed by atoms with E-state index in [4.69, 9.17) is 5.73 Å². The number of aromatic amines is 1. The lowest BCUT2D eigenvalue weighted by Gasteiger charge is -2.26. The molecule has 1 aliphatic rings. The first-order chi connectivity index (χ1) is 14.1. The summed E-state index contributed by atoms with van der Waals surface area (Å²) in [4.78, 5) is 53.6.